The van der Waals surface area contributed by atoms with Crippen molar-refractivity contribution in [1.29, 1.82) is 10.8 Å². The average molecular weight is 340 g/mol. The van der Waals surface area contributed by atoms with Crippen LogP contribution in [0.2, 0.25) is 0 Å². The summed E-state index contributed by atoms with van der Waals surface area (Å²) in [6, 6.07) is 10.8. The van der Waals surface area contributed by atoms with Crippen molar-refractivity contribution in [3.05, 3.63) is 65.0 Å². The fraction of sp³-hybridized carbons (Fsp3) is 0.211. The molecule has 0 saturated carbocycles. The summed E-state index contributed by atoms with van der Waals surface area (Å²) in [5, 5.41) is 20.7. The molecule has 0 radical (unpaired) electrons. The van der Waals surface area contributed by atoms with Gasteiger partial charge in [0.25, 0.3) is 5.91 Å². The van der Waals surface area contributed by atoms with E-state index in [1.165, 1.54) is 24.6 Å². The van der Waals surface area contributed by atoms with Crippen molar-refractivity contribution in [2.45, 2.75) is 18.9 Å². The van der Waals surface area contributed by atoms with E-state index in [9.17, 15) is 9.18 Å². The third kappa shape index (κ3) is 4.29. The van der Waals surface area contributed by atoms with Crippen molar-refractivity contribution in [1.82, 2.24) is 5.32 Å². The van der Waals surface area contributed by atoms with Crippen LogP contribution in [-0.2, 0) is 0 Å². The van der Waals surface area contributed by atoms with E-state index in [0.29, 0.717) is 11.3 Å². The molecule has 0 aliphatic rings. The quantitative estimate of drug-likeness (QED) is 0.579. The third-order valence-electron chi connectivity index (χ3n) is 4.02. The van der Waals surface area contributed by atoms with Gasteiger partial charge in [0.05, 0.1) is 12.0 Å². The molecule has 2 rings (SSSR count). The molecular weight excluding hydrogens is 319 g/mol. The second-order valence-corrected chi connectivity index (χ2v) is 5.66. The largest absolute Gasteiger partial charge is 0.388 e. The van der Waals surface area contributed by atoms with Gasteiger partial charge in [0.15, 0.2) is 0 Å². The second kappa shape index (κ2) is 8.19. The minimum Gasteiger partial charge on any atom is -0.388 e. The van der Waals surface area contributed by atoms with Gasteiger partial charge in [-0.3, -0.25) is 4.79 Å². The smallest absolute Gasteiger partial charge is 0.251 e. The lowest BCUT2D eigenvalue weighted by atomic mass is 9.97. The minimum atomic E-state index is -0.433. The topological polar surface area (TPSA) is 88.8 Å². The molecule has 130 valence electrons. The van der Waals surface area contributed by atoms with Gasteiger partial charge in [-0.15, -0.1) is 0 Å². The van der Waals surface area contributed by atoms with Gasteiger partial charge < -0.3 is 21.5 Å². The molecule has 1 unspecified atom stereocenters. The molecule has 0 aromatic heterocycles. The van der Waals surface area contributed by atoms with Gasteiger partial charge in [-0.2, -0.15) is 0 Å². The number of nitrogens with one attached hydrogen (secondary N) is 4. The molecule has 0 saturated heterocycles. The summed E-state index contributed by atoms with van der Waals surface area (Å²) in [7, 11) is 1.73. The van der Waals surface area contributed by atoms with Crippen molar-refractivity contribution in [3.63, 3.8) is 0 Å². The van der Waals surface area contributed by atoms with Crippen molar-refractivity contribution in [3.8, 4) is 0 Å². The Hall–Kier alpha value is -3.02. The molecule has 6 heteroatoms. The molecule has 2 aromatic carbocycles. The van der Waals surface area contributed by atoms with Gasteiger partial charge in [-0.25, -0.2) is 4.39 Å². The van der Waals surface area contributed by atoms with Crippen LogP contribution in [0, 0.1) is 16.6 Å². The predicted octanol–water partition coefficient (Wildman–Crippen LogP) is 3.74. The Morgan fingerprint density at radius 2 is 1.76 bits per heavy atom. The number of amides is 1. The first-order valence-electron chi connectivity index (χ1n) is 7.89. The number of halogens is 1. The van der Waals surface area contributed by atoms with Gasteiger partial charge in [0, 0.05) is 30.7 Å². The average Bonchev–Trinajstić information content (AvgIpc) is 2.63. The number of anilines is 1. The summed E-state index contributed by atoms with van der Waals surface area (Å²) in [6.45, 7) is 1.83. The van der Waals surface area contributed by atoms with Crippen LogP contribution >= 0.6 is 0 Å². The summed E-state index contributed by atoms with van der Waals surface area (Å²) in [5.74, 6) is -0.998. The maximum Gasteiger partial charge on any atom is 0.251 e. The zero-order chi connectivity index (χ0) is 18.4. The van der Waals surface area contributed by atoms with Crippen LogP contribution in [0.5, 0.6) is 0 Å². The van der Waals surface area contributed by atoms with E-state index in [4.69, 9.17) is 10.8 Å². The Morgan fingerprint density at radius 3 is 2.32 bits per heavy atom. The first kappa shape index (κ1) is 18.3. The molecule has 0 bridgehead atoms. The molecule has 1 amide bonds. The van der Waals surface area contributed by atoms with Gasteiger partial charge in [-0.05, 0) is 42.3 Å². The zero-order valence-electron chi connectivity index (χ0n) is 14.1. The number of benzene rings is 2. The maximum atomic E-state index is 13.0. The SMILES string of the molecule is CNc1cc(C(=O)NC(C)c2ccc(F)cc2)ccc1C(C=N)C=N. The van der Waals surface area contributed by atoms with E-state index in [1.807, 2.05) is 6.92 Å². The van der Waals surface area contributed by atoms with Crippen molar-refractivity contribution in [2.24, 2.45) is 0 Å². The van der Waals surface area contributed by atoms with Gasteiger partial charge in [0.2, 0.25) is 0 Å². The highest BCUT2D eigenvalue weighted by atomic mass is 19.1. The summed E-state index contributed by atoms with van der Waals surface area (Å²) in [4.78, 5) is 12.5. The summed E-state index contributed by atoms with van der Waals surface area (Å²) >= 11 is 0. The van der Waals surface area contributed by atoms with Crippen LogP contribution in [0.4, 0.5) is 10.1 Å². The third-order valence-corrected chi connectivity index (χ3v) is 4.02. The van der Waals surface area contributed by atoms with E-state index in [2.05, 4.69) is 10.6 Å². The number of hydrogen-bond acceptors (Lipinski definition) is 4. The van der Waals surface area contributed by atoms with E-state index in [-0.39, 0.29) is 17.8 Å². The van der Waals surface area contributed by atoms with Crippen LogP contribution in [-0.4, -0.2) is 25.4 Å². The van der Waals surface area contributed by atoms with Crippen molar-refractivity contribution >= 4 is 24.0 Å². The van der Waals surface area contributed by atoms with Crippen LogP contribution in [0.3, 0.4) is 0 Å². The number of rotatable bonds is 7. The minimum absolute atomic E-state index is 0.249. The monoisotopic (exact) mass is 340 g/mol. The standard InChI is InChI=1S/C19H21FN4O/c1-12(13-3-6-16(20)7-4-13)24-19(25)14-5-8-17(15(10-21)11-22)18(9-14)23-2/h3-12,15,21-23H,1-2H3,(H,24,25). The lowest BCUT2D eigenvalue weighted by Gasteiger charge is -2.17. The predicted molar refractivity (Wildman–Crippen MR) is 98.6 cm³/mol. The number of carbonyl (C=O) groups is 1. The van der Waals surface area contributed by atoms with Gasteiger partial charge in [0.1, 0.15) is 5.82 Å². The molecular formula is C19H21FN4O. The molecule has 4 N–H and O–H groups in total. The summed E-state index contributed by atoms with van der Waals surface area (Å²) in [5.41, 5.74) is 2.73. The molecule has 2 aromatic rings. The Balaban J connectivity index is 2.20. The molecule has 0 spiro atoms. The second-order valence-electron chi connectivity index (χ2n) is 5.66. The molecule has 1 atom stereocenters. The Labute approximate surface area is 146 Å². The van der Waals surface area contributed by atoms with E-state index < -0.39 is 5.92 Å². The van der Waals surface area contributed by atoms with Crippen LogP contribution in [0.15, 0.2) is 42.5 Å². The maximum absolute atomic E-state index is 13.0. The van der Waals surface area contributed by atoms with Crippen molar-refractivity contribution < 1.29 is 9.18 Å². The number of hydrogen-bond donors (Lipinski definition) is 4. The molecule has 0 heterocycles. The summed E-state index contributed by atoms with van der Waals surface area (Å²) in [6.07, 6.45) is 2.36. The van der Waals surface area contributed by atoms with Crippen molar-refractivity contribution in [2.75, 3.05) is 12.4 Å². The first-order valence-corrected chi connectivity index (χ1v) is 7.89. The van der Waals surface area contributed by atoms with E-state index in [0.717, 1.165) is 11.1 Å². The Morgan fingerprint density at radius 1 is 1.12 bits per heavy atom. The van der Waals surface area contributed by atoms with E-state index in [1.54, 1.807) is 37.4 Å². The molecule has 0 aliphatic carbocycles. The van der Waals surface area contributed by atoms with E-state index >= 15 is 0 Å². The normalized spacial score (nSPS) is 12.8. The number of carbonyl (C=O) groups excluding carboxylic acids is 1. The fourth-order valence-electron chi connectivity index (χ4n) is 2.55. The van der Waals surface area contributed by atoms with Gasteiger partial charge >= 0.3 is 0 Å². The van der Waals surface area contributed by atoms with Crippen LogP contribution in [0.1, 0.15) is 40.4 Å². The Bertz CT molecular complexity index is 765. The first-order chi connectivity index (χ1) is 12.0. The summed E-state index contributed by atoms with van der Waals surface area (Å²) < 4.78 is 13.0. The lowest BCUT2D eigenvalue weighted by Crippen LogP contribution is -2.26. The fourth-order valence-corrected chi connectivity index (χ4v) is 2.55. The zero-order valence-corrected chi connectivity index (χ0v) is 14.1. The molecule has 0 fully saturated rings. The highest BCUT2D eigenvalue weighted by molar-refractivity contribution is 5.97. The molecule has 0 aliphatic heterocycles. The highest BCUT2D eigenvalue weighted by Crippen LogP contribution is 2.24. The van der Waals surface area contributed by atoms with Crippen LogP contribution < -0.4 is 10.6 Å². The molecule has 5 nitrogen and oxygen atoms in total. The Kier molecular flexibility index (Phi) is 6.00. The molecule has 25 heavy (non-hydrogen) atoms. The van der Waals surface area contributed by atoms with Crippen LogP contribution in [0.25, 0.3) is 0 Å². The van der Waals surface area contributed by atoms with Gasteiger partial charge in [-0.1, -0.05) is 18.2 Å². The highest BCUT2D eigenvalue weighted by Gasteiger charge is 2.15. The lowest BCUT2D eigenvalue weighted by molar-refractivity contribution is 0.0940.